The van der Waals surface area contributed by atoms with Crippen molar-refractivity contribution in [2.75, 3.05) is 49.1 Å². The lowest BCUT2D eigenvalue weighted by Gasteiger charge is -2.39. The quantitative estimate of drug-likeness (QED) is 0.527. The maximum absolute atomic E-state index is 13.3. The number of rotatable bonds is 5. The predicted molar refractivity (Wildman–Crippen MR) is 138 cm³/mol. The summed E-state index contributed by atoms with van der Waals surface area (Å²) in [5.74, 6) is 1.43. The van der Waals surface area contributed by atoms with Gasteiger partial charge in [-0.05, 0) is 63.9 Å². The molecule has 2 aliphatic rings. The van der Waals surface area contributed by atoms with E-state index >= 15 is 0 Å². The fourth-order valence-corrected chi connectivity index (χ4v) is 5.42. The highest BCUT2D eigenvalue weighted by atomic mass is 16.2. The largest absolute Gasteiger partial charge is 0.368 e. The first-order chi connectivity index (χ1) is 17.0. The van der Waals surface area contributed by atoms with Crippen molar-refractivity contribution in [1.29, 1.82) is 0 Å². The third-order valence-electron chi connectivity index (χ3n) is 7.50. The van der Waals surface area contributed by atoms with Gasteiger partial charge in [0.15, 0.2) is 11.6 Å². The Balaban J connectivity index is 1.18. The Kier molecular flexibility index (Phi) is 6.45. The maximum atomic E-state index is 13.3. The summed E-state index contributed by atoms with van der Waals surface area (Å²) in [6.07, 6.45) is 3.57. The van der Waals surface area contributed by atoms with Crippen LogP contribution >= 0.6 is 0 Å². The van der Waals surface area contributed by atoms with E-state index in [0.29, 0.717) is 0 Å². The molecule has 0 unspecified atom stereocenters. The van der Waals surface area contributed by atoms with Crippen LogP contribution in [-0.4, -0.2) is 70.6 Å². The average molecular weight is 475 g/mol. The van der Waals surface area contributed by atoms with E-state index in [2.05, 4.69) is 21.8 Å². The van der Waals surface area contributed by atoms with Crippen LogP contribution in [0.3, 0.4) is 0 Å². The molecule has 2 aliphatic heterocycles. The minimum absolute atomic E-state index is 0.0738. The zero-order valence-corrected chi connectivity index (χ0v) is 20.9. The van der Waals surface area contributed by atoms with Crippen molar-refractivity contribution >= 4 is 34.1 Å². The Bertz CT molecular complexity index is 1220. The lowest BCUT2D eigenvalue weighted by Crippen LogP contribution is -2.51. The fourth-order valence-electron chi connectivity index (χ4n) is 5.42. The first-order valence-corrected chi connectivity index (χ1v) is 12.7. The van der Waals surface area contributed by atoms with Crippen LogP contribution in [0, 0.1) is 12.8 Å². The van der Waals surface area contributed by atoms with Crippen molar-refractivity contribution in [3.63, 3.8) is 0 Å². The van der Waals surface area contributed by atoms with Crippen LogP contribution < -0.4 is 9.80 Å². The lowest BCUT2D eigenvalue weighted by atomic mass is 9.94. The van der Waals surface area contributed by atoms with E-state index in [1.807, 2.05) is 53.0 Å². The standard InChI is InChI=1S/C27H34N6O2/c1-4-33-25-24(19(2)29-33)9-12-28-26(25)31-13-10-22(11-14-31)27(35)32-17-15-30(16-18-32)23-7-5-21(6-8-23)20(3)34/h5-9,12,22H,4,10-11,13-18H2,1-3H3. The number of amides is 1. The molecule has 0 saturated carbocycles. The third kappa shape index (κ3) is 4.49. The van der Waals surface area contributed by atoms with Crippen molar-refractivity contribution < 1.29 is 9.59 Å². The molecule has 1 amide bonds. The van der Waals surface area contributed by atoms with Crippen LogP contribution in [0.1, 0.15) is 42.7 Å². The predicted octanol–water partition coefficient (Wildman–Crippen LogP) is 3.53. The molecule has 0 spiro atoms. The smallest absolute Gasteiger partial charge is 0.225 e. The Morgan fingerprint density at radius 2 is 1.63 bits per heavy atom. The van der Waals surface area contributed by atoms with E-state index in [1.54, 1.807) is 6.92 Å². The van der Waals surface area contributed by atoms with Crippen molar-refractivity contribution in [1.82, 2.24) is 19.7 Å². The zero-order valence-electron chi connectivity index (χ0n) is 20.9. The number of hydrogen-bond acceptors (Lipinski definition) is 6. The summed E-state index contributed by atoms with van der Waals surface area (Å²) in [7, 11) is 0. The van der Waals surface area contributed by atoms with Crippen LogP contribution in [0.15, 0.2) is 36.5 Å². The lowest BCUT2D eigenvalue weighted by molar-refractivity contribution is -0.136. The van der Waals surface area contributed by atoms with E-state index in [0.717, 1.165) is 92.3 Å². The fraction of sp³-hybridized carbons (Fsp3) is 0.481. The first kappa shape index (κ1) is 23.3. The van der Waals surface area contributed by atoms with Gasteiger partial charge in [0.25, 0.3) is 0 Å². The molecule has 0 N–H and O–H groups in total. The summed E-state index contributed by atoms with van der Waals surface area (Å²) in [4.78, 5) is 36.2. The van der Waals surface area contributed by atoms with Gasteiger partial charge in [0.05, 0.1) is 5.69 Å². The maximum Gasteiger partial charge on any atom is 0.225 e. The van der Waals surface area contributed by atoms with E-state index in [4.69, 9.17) is 4.98 Å². The second-order valence-corrected chi connectivity index (χ2v) is 9.61. The first-order valence-electron chi connectivity index (χ1n) is 12.7. The number of anilines is 2. The Hall–Kier alpha value is -3.42. The number of nitrogens with zero attached hydrogens (tertiary/aromatic N) is 6. The second kappa shape index (κ2) is 9.68. The van der Waals surface area contributed by atoms with Crippen LogP contribution in [-0.2, 0) is 11.3 Å². The molecule has 3 aromatic rings. The number of piperidine rings is 1. The third-order valence-corrected chi connectivity index (χ3v) is 7.50. The normalized spacial score (nSPS) is 17.3. The summed E-state index contributed by atoms with van der Waals surface area (Å²) in [6, 6.07) is 9.82. The molecule has 2 aromatic heterocycles. The number of hydrogen-bond donors (Lipinski definition) is 0. The molecule has 0 aliphatic carbocycles. The van der Waals surface area contributed by atoms with Gasteiger partial charge < -0.3 is 14.7 Å². The topological polar surface area (TPSA) is 74.6 Å². The molecule has 184 valence electrons. The molecule has 4 heterocycles. The molecule has 1 aromatic carbocycles. The van der Waals surface area contributed by atoms with Gasteiger partial charge in [0.2, 0.25) is 5.91 Å². The Morgan fingerprint density at radius 3 is 2.26 bits per heavy atom. The van der Waals surface area contributed by atoms with Gasteiger partial charge >= 0.3 is 0 Å². The summed E-state index contributed by atoms with van der Waals surface area (Å²) in [6.45, 7) is 11.3. The number of ketones is 1. The van der Waals surface area contributed by atoms with E-state index in [1.165, 1.54) is 0 Å². The van der Waals surface area contributed by atoms with Crippen LogP contribution in [0.25, 0.3) is 10.9 Å². The van der Waals surface area contributed by atoms with Crippen molar-refractivity contribution in [2.45, 2.75) is 40.2 Å². The molecule has 2 saturated heterocycles. The van der Waals surface area contributed by atoms with Crippen LogP contribution in [0.4, 0.5) is 11.5 Å². The molecular formula is C27H34N6O2. The van der Waals surface area contributed by atoms with Crippen LogP contribution in [0.2, 0.25) is 0 Å². The summed E-state index contributed by atoms with van der Waals surface area (Å²) in [5.41, 5.74) is 3.97. The summed E-state index contributed by atoms with van der Waals surface area (Å²) >= 11 is 0. The molecule has 5 rings (SSSR count). The number of aromatic nitrogens is 3. The second-order valence-electron chi connectivity index (χ2n) is 9.61. The molecule has 0 bridgehead atoms. The number of aryl methyl sites for hydroxylation is 2. The highest BCUT2D eigenvalue weighted by Gasteiger charge is 2.31. The number of carbonyl (C=O) groups excluding carboxylic acids is 2. The summed E-state index contributed by atoms with van der Waals surface area (Å²) < 4.78 is 2.04. The van der Waals surface area contributed by atoms with Crippen molar-refractivity contribution in [2.24, 2.45) is 5.92 Å². The van der Waals surface area contributed by atoms with Gasteiger partial charge in [-0.1, -0.05) is 0 Å². The molecule has 0 atom stereocenters. The number of fused-ring (bicyclic) bond motifs is 1. The monoisotopic (exact) mass is 474 g/mol. The van der Waals surface area contributed by atoms with Gasteiger partial charge in [0.1, 0.15) is 5.52 Å². The molecule has 35 heavy (non-hydrogen) atoms. The van der Waals surface area contributed by atoms with Gasteiger partial charge in [-0.3, -0.25) is 14.3 Å². The van der Waals surface area contributed by atoms with Gasteiger partial charge in [-0.2, -0.15) is 5.10 Å². The molecule has 2 fully saturated rings. The highest BCUT2D eigenvalue weighted by molar-refractivity contribution is 5.94. The Labute approximate surface area is 206 Å². The number of Topliss-reactive ketones (excluding diaryl/α,β-unsaturated/α-hetero) is 1. The minimum atomic E-state index is 0.0738. The molecule has 8 nitrogen and oxygen atoms in total. The molecule has 8 heteroatoms. The van der Waals surface area contributed by atoms with Gasteiger partial charge in [-0.25, -0.2) is 4.98 Å². The molecule has 0 radical (unpaired) electrons. The van der Waals surface area contributed by atoms with Gasteiger partial charge in [-0.15, -0.1) is 0 Å². The van der Waals surface area contributed by atoms with E-state index < -0.39 is 0 Å². The number of pyridine rings is 1. The zero-order chi connectivity index (χ0) is 24.5. The number of benzene rings is 1. The van der Waals surface area contributed by atoms with Gasteiger partial charge in [0, 0.05) is 74.6 Å². The highest BCUT2D eigenvalue weighted by Crippen LogP contribution is 2.31. The Morgan fingerprint density at radius 1 is 0.943 bits per heavy atom. The van der Waals surface area contributed by atoms with Crippen molar-refractivity contribution in [3.8, 4) is 0 Å². The average Bonchev–Trinajstić information content (AvgIpc) is 3.24. The molecular weight excluding hydrogens is 440 g/mol. The van der Waals surface area contributed by atoms with E-state index in [9.17, 15) is 9.59 Å². The number of carbonyl (C=O) groups is 2. The van der Waals surface area contributed by atoms with Crippen molar-refractivity contribution in [3.05, 3.63) is 47.8 Å². The minimum Gasteiger partial charge on any atom is -0.368 e. The van der Waals surface area contributed by atoms with Crippen LogP contribution in [0.5, 0.6) is 0 Å². The summed E-state index contributed by atoms with van der Waals surface area (Å²) in [5, 5.41) is 5.83. The SMILES string of the molecule is CCn1nc(C)c2ccnc(N3CCC(C(=O)N4CCN(c5ccc(C(C)=O)cc5)CC4)CC3)c21. The van der Waals surface area contributed by atoms with E-state index in [-0.39, 0.29) is 17.6 Å². The number of piperazine rings is 1.